The molecule has 0 radical (unpaired) electrons. The van der Waals surface area contributed by atoms with Gasteiger partial charge >= 0.3 is 0 Å². The highest BCUT2D eigenvalue weighted by Gasteiger charge is 2.53. The molecule has 1 fully saturated rings. The van der Waals surface area contributed by atoms with E-state index in [9.17, 15) is 0 Å². The summed E-state index contributed by atoms with van der Waals surface area (Å²) in [5.41, 5.74) is 1.36. The van der Waals surface area contributed by atoms with Crippen molar-refractivity contribution in [3.63, 3.8) is 0 Å². The van der Waals surface area contributed by atoms with Crippen LogP contribution in [-0.2, 0) is 0 Å². The van der Waals surface area contributed by atoms with Crippen LogP contribution in [0.2, 0.25) is 0 Å². The fraction of sp³-hybridized carbons (Fsp3) is 0.600. The first-order chi connectivity index (χ1) is 8.53. The predicted molar refractivity (Wildman–Crippen MR) is 80.6 cm³/mol. The van der Waals surface area contributed by atoms with Crippen molar-refractivity contribution >= 4 is 27.5 Å². The second-order valence-electron chi connectivity index (χ2n) is 5.16. The van der Waals surface area contributed by atoms with Crippen LogP contribution in [0.15, 0.2) is 22.7 Å². The molecule has 0 aromatic heterocycles. The molecule has 1 aromatic rings. The molecule has 2 atom stereocenters. The van der Waals surface area contributed by atoms with Crippen molar-refractivity contribution in [3.8, 4) is 5.75 Å². The zero-order valence-corrected chi connectivity index (χ0v) is 13.5. The molecule has 0 spiro atoms. The van der Waals surface area contributed by atoms with E-state index in [0.29, 0.717) is 0 Å². The van der Waals surface area contributed by atoms with E-state index in [1.54, 1.807) is 0 Å². The molecule has 2 rings (SSSR count). The Bertz CT molecular complexity index is 429. The van der Waals surface area contributed by atoms with E-state index in [1.165, 1.54) is 5.56 Å². The van der Waals surface area contributed by atoms with Gasteiger partial charge in [-0.1, -0.05) is 29.8 Å². The van der Waals surface area contributed by atoms with Gasteiger partial charge < -0.3 is 4.74 Å². The van der Waals surface area contributed by atoms with Crippen molar-refractivity contribution in [1.29, 1.82) is 0 Å². The molecule has 0 bridgehead atoms. The number of hydrogen-bond donors (Lipinski definition) is 0. The molecule has 0 aliphatic heterocycles. The summed E-state index contributed by atoms with van der Waals surface area (Å²) in [7, 11) is 0. The number of alkyl halides is 1. The van der Waals surface area contributed by atoms with E-state index in [2.05, 4.69) is 42.8 Å². The van der Waals surface area contributed by atoms with E-state index in [0.717, 1.165) is 29.5 Å². The Morgan fingerprint density at radius 3 is 2.56 bits per heavy atom. The van der Waals surface area contributed by atoms with Gasteiger partial charge in [0, 0.05) is 21.7 Å². The number of hydrogen-bond acceptors (Lipinski definition) is 1. The third kappa shape index (κ3) is 2.30. The van der Waals surface area contributed by atoms with Gasteiger partial charge in [-0.25, -0.2) is 0 Å². The Labute approximate surface area is 123 Å². The molecule has 1 aliphatic carbocycles. The second-order valence-corrected chi connectivity index (χ2v) is 6.54. The molecule has 1 aliphatic rings. The van der Waals surface area contributed by atoms with Crippen molar-refractivity contribution < 1.29 is 4.74 Å². The van der Waals surface area contributed by atoms with E-state index >= 15 is 0 Å². The second kappa shape index (κ2) is 5.42. The first-order valence-corrected chi connectivity index (χ1v) is 7.83. The lowest BCUT2D eigenvalue weighted by atomic mass is 9.62. The summed E-state index contributed by atoms with van der Waals surface area (Å²) >= 11 is 9.91. The quantitative estimate of drug-likeness (QED) is 0.678. The van der Waals surface area contributed by atoms with Gasteiger partial charge in [-0.05, 0) is 43.5 Å². The van der Waals surface area contributed by atoms with Gasteiger partial charge in [0.1, 0.15) is 11.9 Å². The Hall–Kier alpha value is -0.210. The largest absolute Gasteiger partial charge is 0.490 e. The average Bonchev–Trinajstić information content (AvgIpc) is 2.35. The summed E-state index contributed by atoms with van der Waals surface area (Å²) in [4.78, 5) is 0. The summed E-state index contributed by atoms with van der Waals surface area (Å²) in [6.07, 6.45) is 3.38. The highest BCUT2D eigenvalue weighted by molar-refractivity contribution is 9.10. The summed E-state index contributed by atoms with van der Waals surface area (Å²) in [5, 5.41) is 0.258. The van der Waals surface area contributed by atoms with Gasteiger partial charge in [0.2, 0.25) is 0 Å². The number of benzene rings is 1. The van der Waals surface area contributed by atoms with Crippen LogP contribution in [0.3, 0.4) is 0 Å². The highest BCUT2D eigenvalue weighted by atomic mass is 79.9. The predicted octanol–water partition coefficient (Wildman–Crippen LogP) is 5.32. The molecule has 1 nitrogen and oxygen atoms in total. The van der Waals surface area contributed by atoms with Crippen molar-refractivity contribution in [2.45, 2.75) is 51.5 Å². The first kappa shape index (κ1) is 14.2. The topological polar surface area (TPSA) is 9.23 Å². The van der Waals surface area contributed by atoms with Crippen LogP contribution in [-0.4, -0.2) is 11.5 Å². The number of aryl methyl sites for hydroxylation is 1. The van der Waals surface area contributed by atoms with Crippen molar-refractivity contribution in [3.05, 3.63) is 28.2 Å². The molecule has 0 amide bonds. The lowest BCUT2D eigenvalue weighted by Gasteiger charge is -2.52. The van der Waals surface area contributed by atoms with Crippen LogP contribution in [0.5, 0.6) is 5.75 Å². The Balaban J connectivity index is 2.12. The monoisotopic (exact) mass is 330 g/mol. The first-order valence-electron chi connectivity index (χ1n) is 6.60. The fourth-order valence-electron chi connectivity index (χ4n) is 2.87. The molecule has 0 heterocycles. The van der Waals surface area contributed by atoms with Gasteiger partial charge in [-0.2, -0.15) is 0 Å². The Kier molecular flexibility index (Phi) is 4.28. The zero-order chi connectivity index (χ0) is 13.3. The molecule has 0 N–H and O–H groups in total. The number of ether oxygens (including phenoxy) is 1. The van der Waals surface area contributed by atoms with Crippen LogP contribution < -0.4 is 4.74 Å². The number of rotatable bonds is 4. The molecule has 2 unspecified atom stereocenters. The molecule has 0 saturated heterocycles. The normalized spacial score (nSPS) is 25.6. The maximum atomic E-state index is 6.40. The highest BCUT2D eigenvalue weighted by Crippen LogP contribution is 2.51. The summed E-state index contributed by atoms with van der Waals surface area (Å²) in [5.74, 6) is 0.954. The molecule has 3 heteroatoms. The standard InChI is InChI=1S/C15H20BrClO/c1-4-15(5-2)13(17)9-14(15)18-11-6-7-12(16)10(3)8-11/h6-8,13-14H,4-5,9H2,1-3H3. The molecule has 18 heavy (non-hydrogen) atoms. The van der Waals surface area contributed by atoms with Gasteiger partial charge in [0.25, 0.3) is 0 Å². The minimum Gasteiger partial charge on any atom is -0.490 e. The van der Waals surface area contributed by atoms with Crippen LogP contribution >= 0.6 is 27.5 Å². The van der Waals surface area contributed by atoms with Gasteiger partial charge in [0.15, 0.2) is 0 Å². The molecular formula is C15H20BrClO. The lowest BCUT2D eigenvalue weighted by Crippen LogP contribution is -2.56. The van der Waals surface area contributed by atoms with Crippen LogP contribution in [0, 0.1) is 12.3 Å². The third-order valence-corrected chi connectivity index (χ3v) is 5.91. The van der Waals surface area contributed by atoms with Crippen LogP contribution in [0.4, 0.5) is 0 Å². The fourth-order valence-corrected chi connectivity index (χ4v) is 3.72. The van der Waals surface area contributed by atoms with E-state index in [1.807, 2.05) is 12.1 Å². The van der Waals surface area contributed by atoms with Gasteiger partial charge in [-0.15, -0.1) is 11.6 Å². The lowest BCUT2D eigenvalue weighted by molar-refractivity contribution is -0.0462. The minimum atomic E-state index is 0.155. The van der Waals surface area contributed by atoms with Crippen molar-refractivity contribution in [2.24, 2.45) is 5.41 Å². The molecule has 1 saturated carbocycles. The van der Waals surface area contributed by atoms with E-state index < -0.39 is 0 Å². The Morgan fingerprint density at radius 1 is 1.39 bits per heavy atom. The van der Waals surface area contributed by atoms with Gasteiger partial charge in [-0.3, -0.25) is 0 Å². The Morgan fingerprint density at radius 2 is 2.06 bits per heavy atom. The average molecular weight is 332 g/mol. The maximum absolute atomic E-state index is 6.40. The van der Waals surface area contributed by atoms with Crippen LogP contribution in [0.25, 0.3) is 0 Å². The van der Waals surface area contributed by atoms with Crippen LogP contribution in [0.1, 0.15) is 38.7 Å². The molecule has 1 aromatic carbocycles. The third-order valence-electron chi connectivity index (χ3n) is 4.41. The smallest absolute Gasteiger partial charge is 0.120 e. The molecule has 100 valence electrons. The minimum absolute atomic E-state index is 0.155. The van der Waals surface area contributed by atoms with Crippen molar-refractivity contribution in [1.82, 2.24) is 0 Å². The van der Waals surface area contributed by atoms with Crippen molar-refractivity contribution in [2.75, 3.05) is 0 Å². The maximum Gasteiger partial charge on any atom is 0.120 e. The SMILES string of the molecule is CCC1(CC)C(Cl)CC1Oc1ccc(Br)c(C)c1. The zero-order valence-electron chi connectivity index (χ0n) is 11.2. The van der Waals surface area contributed by atoms with Gasteiger partial charge in [0.05, 0.1) is 0 Å². The summed E-state index contributed by atoms with van der Waals surface area (Å²) in [6.45, 7) is 6.50. The molecular weight excluding hydrogens is 312 g/mol. The van der Waals surface area contributed by atoms with E-state index in [-0.39, 0.29) is 16.9 Å². The van der Waals surface area contributed by atoms with E-state index in [4.69, 9.17) is 16.3 Å². The number of halogens is 2. The summed E-state index contributed by atoms with van der Waals surface area (Å²) in [6, 6.07) is 6.15. The summed E-state index contributed by atoms with van der Waals surface area (Å²) < 4.78 is 7.27.